The lowest BCUT2D eigenvalue weighted by Gasteiger charge is -2.36. The second-order valence-corrected chi connectivity index (χ2v) is 5.91. The molecule has 0 radical (unpaired) electrons. The summed E-state index contributed by atoms with van der Waals surface area (Å²) in [7, 11) is 0. The molecule has 3 heterocycles. The topological polar surface area (TPSA) is 31.4 Å². The van der Waals surface area contributed by atoms with Crippen molar-refractivity contribution in [2.24, 2.45) is 0 Å². The van der Waals surface area contributed by atoms with E-state index in [0.717, 1.165) is 25.5 Å². The molecule has 0 aliphatic carbocycles. The van der Waals surface area contributed by atoms with E-state index in [1.54, 1.807) is 0 Å². The zero-order valence-corrected chi connectivity index (χ0v) is 12.3. The van der Waals surface area contributed by atoms with Crippen LogP contribution in [0.2, 0.25) is 0 Å². The third-order valence-electron chi connectivity index (χ3n) is 4.55. The van der Waals surface area contributed by atoms with Gasteiger partial charge in [0, 0.05) is 25.3 Å². The number of hydrogen-bond acceptors (Lipinski definition) is 4. The summed E-state index contributed by atoms with van der Waals surface area (Å²) in [5, 5.41) is 3.46. The molecule has 1 aromatic rings. The molecule has 0 atom stereocenters. The number of rotatable bonds is 5. The number of piperidine rings is 1. The average molecular weight is 274 g/mol. The molecule has 3 rings (SSSR count). The fraction of sp³-hybridized carbons (Fsp3) is 0.688. The van der Waals surface area contributed by atoms with Crippen molar-refractivity contribution >= 4 is 5.82 Å². The number of nitrogens with zero attached hydrogens (tertiary/aromatic N) is 3. The average Bonchev–Trinajstić information content (AvgIpc) is 3.03. The van der Waals surface area contributed by atoms with Crippen molar-refractivity contribution in [3.63, 3.8) is 0 Å². The summed E-state index contributed by atoms with van der Waals surface area (Å²) in [4.78, 5) is 9.72. The zero-order chi connectivity index (χ0) is 13.6. The van der Waals surface area contributed by atoms with Crippen LogP contribution in [0, 0.1) is 0 Å². The molecule has 20 heavy (non-hydrogen) atoms. The molecule has 4 nitrogen and oxygen atoms in total. The van der Waals surface area contributed by atoms with Gasteiger partial charge < -0.3 is 15.1 Å². The number of nitrogens with one attached hydrogen (secondary N) is 1. The fourth-order valence-electron chi connectivity index (χ4n) is 3.38. The van der Waals surface area contributed by atoms with Crippen molar-refractivity contribution in [2.45, 2.75) is 31.7 Å². The molecule has 0 bridgehead atoms. The van der Waals surface area contributed by atoms with E-state index in [0.29, 0.717) is 6.04 Å². The summed E-state index contributed by atoms with van der Waals surface area (Å²) in [5.74, 6) is 1.15. The maximum absolute atomic E-state index is 4.59. The summed E-state index contributed by atoms with van der Waals surface area (Å²) >= 11 is 0. The van der Waals surface area contributed by atoms with Gasteiger partial charge in [0.15, 0.2) is 0 Å². The van der Waals surface area contributed by atoms with Gasteiger partial charge in [-0.25, -0.2) is 4.98 Å². The van der Waals surface area contributed by atoms with Crippen LogP contribution in [0.25, 0.3) is 0 Å². The van der Waals surface area contributed by atoms with E-state index >= 15 is 0 Å². The SMILES string of the molecule is c1ccc(N(CCN2CCCC2)C2CCNCC2)nc1. The molecule has 4 heteroatoms. The van der Waals surface area contributed by atoms with Crippen molar-refractivity contribution in [1.82, 2.24) is 15.2 Å². The fourth-order valence-corrected chi connectivity index (χ4v) is 3.38. The first-order chi connectivity index (χ1) is 9.93. The Morgan fingerprint density at radius 2 is 2.00 bits per heavy atom. The molecule has 110 valence electrons. The number of pyridine rings is 1. The minimum atomic E-state index is 0.647. The standard InChI is InChI=1S/C16H26N4/c1-2-8-18-16(5-1)20(15-6-9-17-10-7-15)14-13-19-11-3-4-12-19/h1-2,5,8,15,17H,3-4,6-7,9-14H2. The van der Waals surface area contributed by atoms with Gasteiger partial charge in [0.05, 0.1) is 0 Å². The van der Waals surface area contributed by atoms with Crippen molar-refractivity contribution in [3.05, 3.63) is 24.4 Å². The monoisotopic (exact) mass is 274 g/mol. The molecule has 0 saturated carbocycles. The molecule has 1 aromatic heterocycles. The van der Waals surface area contributed by atoms with Crippen LogP contribution in [0.15, 0.2) is 24.4 Å². The highest BCUT2D eigenvalue weighted by Gasteiger charge is 2.23. The summed E-state index contributed by atoms with van der Waals surface area (Å²) in [5.41, 5.74) is 0. The Morgan fingerprint density at radius 3 is 2.70 bits per heavy atom. The van der Waals surface area contributed by atoms with E-state index in [1.807, 2.05) is 12.3 Å². The lowest BCUT2D eigenvalue weighted by Crippen LogP contribution is -2.46. The Kier molecular flexibility index (Phi) is 4.87. The Hall–Kier alpha value is -1.13. The van der Waals surface area contributed by atoms with Gasteiger partial charge in [-0.2, -0.15) is 0 Å². The number of anilines is 1. The van der Waals surface area contributed by atoms with E-state index < -0.39 is 0 Å². The van der Waals surface area contributed by atoms with Crippen LogP contribution < -0.4 is 10.2 Å². The van der Waals surface area contributed by atoms with Gasteiger partial charge in [0.1, 0.15) is 5.82 Å². The predicted molar refractivity (Wildman–Crippen MR) is 83.1 cm³/mol. The normalized spacial score (nSPS) is 21.2. The van der Waals surface area contributed by atoms with Crippen molar-refractivity contribution in [1.29, 1.82) is 0 Å². The van der Waals surface area contributed by atoms with Crippen molar-refractivity contribution in [2.75, 3.05) is 44.2 Å². The van der Waals surface area contributed by atoms with Crippen LogP contribution in [0.1, 0.15) is 25.7 Å². The highest BCUT2D eigenvalue weighted by atomic mass is 15.3. The first kappa shape index (κ1) is 13.8. The molecule has 1 N–H and O–H groups in total. The first-order valence-corrected chi connectivity index (χ1v) is 8.04. The van der Waals surface area contributed by atoms with Gasteiger partial charge in [0.2, 0.25) is 0 Å². The number of likely N-dealkylation sites (tertiary alicyclic amines) is 1. The Bertz CT molecular complexity index is 383. The second kappa shape index (κ2) is 7.04. The molecule has 2 saturated heterocycles. The molecule has 2 aliphatic rings. The first-order valence-electron chi connectivity index (χ1n) is 8.04. The van der Waals surface area contributed by atoms with Gasteiger partial charge in [-0.1, -0.05) is 6.07 Å². The van der Waals surface area contributed by atoms with E-state index in [-0.39, 0.29) is 0 Å². The molecular weight excluding hydrogens is 248 g/mol. The number of aromatic nitrogens is 1. The predicted octanol–water partition coefficient (Wildman–Crippen LogP) is 1.74. The van der Waals surface area contributed by atoms with E-state index in [9.17, 15) is 0 Å². The summed E-state index contributed by atoms with van der Waals surface area (Å²) in [6.45, 7) is 7.13. The molecule has 2 fully saturated rings. The van der Waals surface area contributed by atoms with Gasteiger partial charge in [-0.3, -0.25) is 0 Å². The van der Waals surface area contributed by atoms with Gasteiger partial charge in [-0.15, -0.1) is 0 Å². The largest absolute Gasteiger partial charge is 0.352 e. The smallest absolute Gasteiger partial charge is 0.128 e. The molecule has 0 unspecified atom stereocenters. The van der Waals surface area contributed by atoms with Gasteiger partial charge in [-0.05, 0) is 64.0 Å². The number of hydrogen-bond donors (Lipinski definition) is 1. The summed E-state index contributed by atoms with van der Waals surface area (Å²) < 4.78 is 0. The maximum Gasteiger partial charge on any atom is 0.128 e. The Morgan fingerprint density at radius 1 is 1.20 bits per heavy atom. The van der Waals surface area contributed by atoms with Crippen LogP contribution in [-0.4, -0.2) is 55.2 Å². The Balaban J connectivity index is 1.65. The molecular formula is C16H26N4. The van der Waals surface area contributed by atoms with Crippen LogP contribution >= 0.6 is 0 Å². The van der Waals surface area contributed by atoms with E-state index in [2.05, 4.69) is 32.2 Å². The minimum absolute atomic E-state index is 0.647. The van der Waals surface area contributed by atoms with Crippen LogP contribution in [-0.2, 0) is 0 Å². The quantitative estimate of drug-likeness (QED) is 0.886. The maximum atomic E-state index is 4.59. The van der Waals surface area contributed by atoms with Crippen molar-refractivity contribution in [3.8, 4) is 0 Å². The third-order valence-corrected chi connectivity index (χ3v) is 4.55. The van der Waals surface area contributed by atoms with Crippen LogP contribution in [0.3, 0.4) is 0 Å². The van der Waals surface area contributed by atoms with Gasteiger partial charge >= 0.3 is 0 Å². The van der Waals surface area contributed by atoms with Crippen molar-refractivity contribution < 1.29 is 0 Å². The minimum Gasteiger partial charge on any atom is -0.352 e. The van der Waals surface area contributed by atoms with Gasteiger partial charge in [0.25, 0.3) is 0 Å². The molecule has 0 aromatic carbocycles. The van der Waals surface area contributed by atoms with E-state index in [1.165, 1.54) is 45.3 Å². The second-order valence-electron chi connectivity index (χ2n) is 5.91. The van der Waals surface area contributed by atoms with Crippen LogP contribution in [0.4, 0.5) is 5.82 Å². The summed E-state index contributed by atoms with van der Waals surface area (Å²) in [6.07, 6.45) is 7.13. The summed E-state index contributed by atoms with van der Waals surface area (Å²) in [6, 6.07) is 6.91. The lowest BCUT2D eigenvalue weighted by atomic mass is 10.0. The van der Waals surface area contributed by atoms with Crippen LogP contribution in [0.5, 0.6) is 0 Å². The Labute approximate surface area is 122 Å². The molecule has 0 spiro atoms. The molecule has 2 aliphatic heterocycles. The molecule has 0 amide bonds. The highest BCUT2D eigenvalue weighted by Crippen LogP contribution is 2.19. The lowest BCUT2D eigenvalue weighted by molar-refractivity contribution is 0.331. The highest BCUT2D eigenvalue weighted by molar-refractivity contribution is 5.39. The van der Waals surface area contributed by atoms with E-state index in [4.69, 9.17) is 0 Å². The third kappa shape index (κ3) is 3.49. The zero-order valence-electron chi connectivity index (χ0n) is 12.3.